The van der Waals surface area contributed by atoms with Gasteiger partial charge in [0.25, 0.3) is 5.91 Å². The first kappa shape index (κ1) is 45.5. The molecule has 67 heavy (non-hydrogen) atoms. The van der Waals surface area contributed by atoms with Crippen LogP contribution in [0.1, 0.15) is 86.1 Å². The van der Waals surface area contributed by atoms with Crippen molar-refractivity contribution in [1.82, 2.24) is 40.4 Å². The number of nitrogens with one attached hydrogen (secondary N) is 4. The van der Waals surface area contributed by atoms with Crippen LogP contribution < -0.4 is 10.6 Å². The number of hydrogen-bond donors (Lipinski definition) is 4. The maximum Gasteiger partial charge on any atom is 0.407 e. The van der Waals surface area contributed by atoms with E-state index in [1.807, 2.05) is 68.4 Å². The van der Waals surface area contributed by atoms with Crippen LogP contribution in [0, 0.1) is 29.6 Å². The molecular weight excluding hydrogens is 845 g/mol. The van der Waals surface area contributed by atoms with E-state index in [1.54, 1.807) is 34.3 Å². The van der Waals surface area contributed by atoms with E-state index in [9.17, 15) is 19.2 Å². The molecule has 0 spiro atoms. The van der Waals surface area contributed by atoms with Crippen molar-refractivity contribution in [2.24, 2.45) is 5.92 Å². The fourth-order valence-electron chi connectivity index (χ4n) is 8.76. The summed E-state index contributed by atoms with van der Waals surface area (Å²) in [4.78, 5) is 71.9. The van der Waals surface area contributed by atoms with E-state index in [1.165, 1.54) is 14.2 Å². The third-order valence-corrected chi connectivity index (χ3v) is 12.2. The van der Waals surface area contributed by atoms with Gasteiger partial charge in [-0.15, -0.1) is 0 Å². The SMILES string of the molecule is COC(=O)N[C@H](C(=O)N1CCC[C@H]1c1ncc(-c2ccc(C#CC#Cc3cnc([C@@H]4CCCN4C(=O)[C@H](NC(=O)OC)c4ccccc4)[nH]3)c(-c3cccc(-c4ccccc4)c3)c2)[nH]1)C(C)C. The van der Waals surface area contributed by atoms with Crippen molar-refractivity contribution < 1.29 is 28.7 Å². The molecule has 2 fully saturated rings. The summed E-state index contributed by atoms with van der Waals surface area (Å²) in [6.45, 7) is 4.85. The molecule has 6 aromatic rings. The molecule has 4 heterocycles. The van der Waals surface area contributed by atoms with Gasteiger partial charge in [0.05, 0.1) is 44.4 Å². The summed E-state index contributed by atoms with van der Waals surface area (Å²) in [5.74, 6) is 13.1. The van der Waals surface area contributed by atoms with Crippen LogP contribution in [0.25, 0.3) is 33.5 Å². The van der Waals surface area contributed by atoms with Gasteiger partial charge in [-0.3, -0.25) is 9.59 Å². The van der Waals surface area contributed by atoms with E-state index >= 15 is 0 Å². The predicted molar refractivity (Wildman–Crippen MR) is 254 cm³/mol. The van der Waals surface area contributed by atoms with Crippen molar-refractivity contribution >= 4 is 24.0 Å². The summed E-state index contributed by atoms with van der Waals surface area (Å²) < 4.78 is 9.64. The molecule has 0 aliphatic carbocycles. The number of hydrogen-bond acceptors (Lipinski definition) is 8. The van der Waals surface area contributed by atoms with E-state index in [-0.39, 0.29) is 29.8 Å². The van der Waals surface area contributed by atoms with Gasteiger partial charge in [-0.25, -0.2) is 19.6 Å². The molecule has 0 unspecified atom stereocenters. The van der Waals surface area contributed by atoms with E-state index < -0.39 is 24.3 Å². The molecule has 0 saturated carbocycles. The van der Waals surface area contributed by atoms with Crippen LogP contribution in [0.5, 0.6) is 0 Å². The quantitative estimate of drug-likeness (QED) is 0.0940. The Kier molecular flexibility index (Phi) is 14.1. The van der Waals surface area contributed by atoms with E-state index in [4.69, 9.17) is 14.5 Å². The first-order valence-electron chi connectivity index (χ1n) is 22.4. The van der Waals surface area contributed by atoms with E-state index in [0.717, 1.165) is 58.3 Å². The number of aromatic nitrogens is 4. The molecule has 4 N–H and O–H groups in total. The third kappa shape index (κ3) is 10.4. The maximum absolute atomic E-state index is 14.0. The highest BCUT2D eigenvalue weighted by Crippen LogP contribution is 2.36. The number of rotatable bonds is 11. The van der Waals surface area contributed by atoms with Crippen molar-refractivity contribution in [1.29, 1.82) is 0 Å². The number of H-pyrrole nitrogens is 2. The lowest BCUT2D eigenvalue weighted by molar-refractivity contribution is -0.135. The van der Waals surface area contributed by atoms with Crippen molar-refractivity contribution in [2.75, 3.05) is 27.3 Å². The summed E-state index contributed by atoms with van der Waals surface area (Å²) in [6, 6.07) is 31.4. The number of carbonyl (C=O) groups excluding carboxylic acids is 4. The Balaban J connectivity index is 1.05. The predicted octanol–water partition coefficient (Wildman–Crippen LogP) is 8.34. The number of amides is 4. The number of methoxy groups -OCH3 is 2. The zero-order chi connectivity index (χ0) is 46.9. The Morgan fingerprint density at radius 2 is 1.27 bits per heavy atom. The van der Waals surface area contributed by atoms with Gasteiger partial charge in [-0.05, 0) is 95.4 Å². The second-order valence-corrected chi connectivity index (χ2v) is 16.8. The van der Waals surface area contributed by atoms with Gasteiger partial charge < -0.3 is 39.9 Å². The molecule has 2 aliphatic rings. The summed E-state index contributed by atoms with van der Waals surface area (Å²) in [5, 5.41) is 5.41. The topological polar surface area (TPSA) is 175 Å². The lowest BCUT2D eigenvalue weighted by Gasteiger charge is -2.30. The largest absolute Gasteiger partial charge is 0.453 e. The Morgan fingerprint density at radius 3 is 1.97 bits per heavy atom. The normalized spacial score (nSPS) is 16.3. The average Bonchev–Trinajstić information content (AvgIpc) is 4.22. The first-order valence-corrected chi connectivity index (χ1v) is 22.4. The molecule has 0 radical (unpaired) electrons. The highest BCUT2D eigenvalue weighted by atomic mass is 16.5. The van der Waals surface area contributed by atoms with Crippen LogP contribution in [0.15, 0.2) is 116 Å². The fourth-order valence-corrected chi connectivity index (χ4v) is 8.76. The van der Waals surface area contributed by atoms with Gasteiger partial charge in [-0.2, -0.15) is 0 Å². The Labute approximate surface area is 389 Å². The Bertz CT molecular complexity index is 2870. The zero-order valence-corrected chi connectivity index (χ0v) is 37.8. The number of nitrogens with zero attached hydrogens (tertiary/aromatic N) is 4. The van der Waals surface area contributed by atoms with Gasteiger partial charge in [-0.1, -0.05) is 105 Å². The van der Waals surface area contributed by atoms with Crippen LogP contribution in [-0.4, -0.2) is 87.1 Å². The fraction of sp³-hybridized carbons (Fsp3) is 0.283. The summed E-state index contributed by atoms with van der Waals surface area (Å²) in [6.07, 6.45) is 5.11. The smallest absolute Gasteiger partial charge is 0.407 e. The number of benzene rings is 4. The minimum atomic E-state index is -0.919. The van der Waals surface area contributed by atoms with Gasteiger partial charge >= 0.3 is 12.2 Å². The second-order valence-electron chi connectivity index (χ2n) is 16.8. The van der Waals surface area contributed by atoms with Crippen LogP contribution in [-0.2, 0) is 19.1 Å². The standard InChI is InChI=1S/C53H52N8O6/c1-34(2)46(58-52(64)66-3)50(62)60-28-15-25-45(60)49-55-33-43(57-49)40-27-26-36(42(31-40)39-22-13-21-38(30-39)35-16-7-5-8-17-35)18-11-12-23-41-32-54-48(56-41)44-24-14-29-61(44)51(63)47(59-53(65)67-4)37-19-9-6-10-20-37/h5-10,13,16-17,19-22,26-27,30-34,44-47H,14-15,24-25,28-29H2,1-4H3,(H,54,56)(H,55,57)(H,58,64)(H,59,65)/t44-,45-,46-,47+/m0/s1. The Morgan fingerprint density at radius 1 is 0.657 bits per heavy atom. The van der Waals surface area contributed by atoms with Crippen molar-refractivity contribution in [2.45, 2.75) is 63.7 Å². The molecule has 4 atom stereocenters. The number of carbonyl (C=O) groups is 4. The maximum atomic E-state index is 14.0. The zero-order valence-electron chi connectivity index (χ0n) is 37.8. The molecule has 0 bridgehead atoms. The molecule has 2 aromatic heterocycles. The van der Waals surface area contributed by atoms with Crippen molar-refractivity contribution in [3.05, 3.63) is 144 Å². The molecule has 8 rings (SSSR count). The number of likely N-dealkylation sites (tertiary alicyclic amines) is 2. The third-order valence-electron chi connectivity index (χ3n) is 12.2. The van der Waals surface area contributed by atoms with Crippen LogP contribution >= 0.6 is 0 Å². The molecular formula is C53H52N8O6. The van der Waals surface area contributed by atoms with Gasteiger partial charge in [0.2, 0.25) is 5.91 Å². The molecule has 340 valence electrons. The molecule has 14 heteroatoms. The van der Waals surface area contributed by atoms with Gasteiger partial charge in [0.15, 0.2) is 0 Å². The van der Waals surface area contributed by atoms with Crippen molar-refractivity contribution in [3.63, 3.8) is 0 Å². The number of aromatic amines is 2. The van der Waals surface area contributed by atoms with E-state index in [0.29, 0.717) is 42.4 Å². The lowest BCUT2D eigenvalue weighted by Crippen LogP contribution is -2.51. The average molecular weight is 897 g/mol. The number of ether oxygens (including phenoxy) is 2. The summed E-state index contributed by atoms with van der Waals surface area (Å²) in [5.41, 5.74) is 7.67. The molecule has 2 aliphatic heterocycles. The highest BCUT2D eigenvalue weighted by molar-refractivity contribution is 5.88. The van der Waals surface area contributed by atoms with Gasteiger partial charge in [0, 0.05) is 24.2 Å². The van der Waals surface area contributed by atoms with Crippen LogP contribution in [0.3, 0.4) is 0 Å². The lowest BCUT2D eigenvalue weighted by atomic mass is 9.94. The minimum absolute atomic E-state index is 0.143. The van der Waals surface area contributed by atoms with Crippen LogP contribution in [0.2, 0.25) is 0 Å². The number of alkyl carbamates (subject to hydrolysis) is 2. The van der Waals surface area contributed by atoms with Crippen LogP contribution in [0.4, 0.5) is 9.59 Å². The van der Waals surface area contributed by atoms with Crippen molar-refractivity contribution in [3.8, 4) is 57.2 Å². The second kappa shape index (κ2) is 20.8. The minimum Gasteiger partial charge on any atom is -0.453 e. The molecule has 4 aromatic carbocycles. The summed E-state index contributed by atoms with van der Waals surface area (Å²) in [7, 11) is 2.55. The monoisotopic (exact) mass is 896 g/mol. The first-order chi connectivity index (χ1) is 32.6. The van der Waals surface area contributed by atoms with Gasteiger partial charge in [0.1, 0.15) is 29.4 Å². The van der Waals surface area contributed by atoms with E-state index in [2.05, 4.69) is 85.7 Å². The Hall–Kier alpha value is -8.10. The highest BCUT2D eigenvalue weighted by Gasteiger charge is 2.39. The molecule has 2 saturated heterocycles. The number of imidazole rings is 2. The molecule has 14 nitrogen and oxygen atoms in total. The molecule has 4 amide bonds. The summed E-state index contributed by atoms with van der Waals surface area (Å²) >= 11 is 0.